The smallest absolute Gasteiger partial charge is 0.338 e. The number of ether oxygens (including phenoxy) is 3. The fourth-order valence-electron chi connectivity index (χ4n) is 4.87. The van der Waals surface area contributed by atoms with Gasteiger partial charge in [-0.05, 0) is 76.3 Å². The molecule has 0 saturated carbocycles. The normalized spacial score (nSPS) is 14.5. The molecular weight excluding hydrogens is 630 g/mol. The first kappa shape index (κ1) is 30.0. The summed E-state index contributed by atoms with van der Waals surface area (Å²) in [5.41, 5.74) is 3.71. The Bertz CT molecular complexity index is 1920. The van der Waals surface area contributed by atoms with Gasteiger partial charge in [0.15, 0.2) is 16.3 Å². The number of fused-ring (bicyclic) bond motifs is 1. The number of hydrogen-bond donors (Lipinski definition) is 0. The molecule has 218 valence electrons. The van der Waals surface area contributed by atoms with Gasteiger partial charge >= 0.3 is 5.97 Å². The Kier molecular flexibility index (Phi) is 9.24. The number of esters is 1. The second kappa shape index (κ2) is 13.2. The van der Waals surface area contributed by atoms with Crippen LogP contribution in [-0.2, 0) is 16.1 Å². The molecule has 0 N–H and O–H groups in total. The van der Waals surface area contributed by atoms with Gasteiger partial charge in [0.05, 0.1) is 51.7 Å². The first-order valence-corrected chi connectivity index (χ1v) is 15.3. The van der Waals surface area contributed by atoms with Gasteiger partial charge in [-0.15, -0.1) is 0 Å². The molecule has 0 amide bonds. The van der Waals surface area contributed by atoms with E-state index in [1.165, 1.54) is 18.4 Å². The summed E-state index contributed by atoms with van der Waals surface area (Å²) < 4.78 is 19.9. The van der Waals surface area contributed by atoms with Crippen LogP contribution >= 0.6 is 27.3 Å². The Hall–Kier alpha value is -4.46. The Morgan fingerprint density at radius 1 is 1.12 bits per heavy atom. The fraction of sp³-hybridized carbons (Fsp3) is 0.212. The molecule has 0 radical (unpaired) electrons. The second-order valence-electron chi connectivity index (χ2n) is 9.56. The largest absolute Gasteiger partial charge is 0.490 e. The number of carbonyl (C=O) groups excluding carboxylic acids is 1. The van der Waals surface area contributed by atoms with Crippen LogP contribution in [0.3, 0.4) is 0 Å². The lowest BCUT2D eigenvalue weighted by Crippen LogP contribution is -2.40. The molecule has 1 aliphatic rings. The average Bonchev–Trinajstić information content (AvgIpc) is 3.34. The van der Waals surface area contributed by atoms with Gasteiger partial charge in [0.2, 0.25) is 0 Å². The summed E-state index contributed by atoms with van der Waals surface area (Å²) in [6, 6.07) is 21.8. The van der Waals surface area contributed by atoms with E-state index in [1.807, 2.05) is 68.4 Å². The number of allylic oxidation sites excluding steroid dienone is 1. The molecule has 8 nitrogen and oxygen atoms in total. The maximum Gasteiger partial charge on any atom is 0.338 e. The fourth-order valence-corrected chi connectivity index (χ4v) is 6.47. The molecule has 0 bridgehead atoms. The molecule has 43 heavy (non-hydrogen) atoms. The van der Waals surface area contributed by atoms with Crippen LogP contribution in [0.2, 0.25) is 0 Å². The van der Waals surface area contributed by atoms with E-state index >= 15 is 0 Å². The number of aromatic nitrogens is 1. The van der Waals surface area contributed by atoms with Gasteiger partial charge in [0.1, 0.15) is 6.61 Å². The Morgan fingerprint density at radius 2 is 1.86 bits per heavy atom. The van der Waals surface area contributed by atoms with E-state index in [1.54, 1.807) is 22.8 Å². The number of nitrogens with zero attached hydrogens (tertiary/aromatic N) is 3. The van der Waals surface area contributed by atoms with E-state index in [-0.39, 0.29) is 12.2 Å². The van der Waals surface area contributed by atoms with Crippen LogP contribution < -0.4 is 24.4 Å². The molecule has 0 saturated heterocycles. The van der Waals surface area contributed by atoms with E-state index in [9.17, 15) is 9.59 Å². The highest BCUT2D eigenvalue weighted by Crippen LogP contribution is 2.38. The van der Waals surface area contributed by atoms with Crippen molar-refractivity contribution in [3.05, 3.63) is 124 Å². The molecular formula is C33H28BrN3O5S. The zero-order valence-corrected chi connectivity index (χ0v) is 26.2. The van der Waals surface area contributed by atoms with Gasteiger partial charge in [0, 0.05) is 0 Å². The number of thiazole rings is 1. The lowest BCUT2D eigenvalue weighted by molar-refractivity contribution is -0.136. The SMILES string of the molecule is CCOc1cc(/C=c2/sc3n(c2=O)[C@@H](c2ccccc2)C(C(=O)OC)=C(CC)N=3)cc(Br)c1OCc1ccc(C#N)cc1. The summed E-state index contributed by atoms with van der Waals surface area (Å²) in [7, 11) is 1.33. The van der Waals surface area contributed by atoms with Crippen molar-refractivity contribution in [2.24, 2.45) is 4.99 Å². The van der Waals surface area contributed by atoms with Gasteiger partial charge in [-0.25, -0.2) is 9.79 Å². The molecule has 0 unspecified atom stereocenters. The zero-order valence-electron chi connectivity index (χ0n) is 23.8. The number of benzene rings is 3. The average molecular weight is 659 g/mol. The molecule has 3 aromatic carbocycles. The predicted molar refractivity (Wildman–Crippen MR) is 168 cm³/mol. The van der Waals surface area contributed by atoms with Crippen molar-refractivity contribution in [2.75, 3.05) is 13.7 Å². The highest BCUT2D eigenvalue weighted by Gasteiger charge is 2.33. The number of rotatable bonds is 9. The minimum atomic E-state index is -0.661. The van der Waals surface area contributed by atoms with Crippen LogP contribution in [0.25, 0.3) is 6.08 Å². The first-order valence-electron chi connectivity index (χ1n) is 13.6. The van der Waals surface area contributed by atoms with Crippen molar-refractivity contribution in [3.63, 3.8) is 0 Å². The zero-order chi connectivity index (χ0) is 30.5. The van der Waals surface area contributed by atoms with Crippen molar-refractivity contribution in [1.82, 2.24) is 4.57 Å². The minimum Gasteiger partial charge on any atom is -0.490 e. The van der Waals surface area contributed by atoms with Gasteiger partial charge < -0.3 is 14.2 Å². The monoisotopic (exact) mass is 657 g/mol. The van der Waals surface area contributed by atoms with Crippen molar-refractivity contribution in [2.45, 2.75) is 32.9 Å². The Balaban J connectivity index is 1.57. The van der Waals surface area contributed by atoms with E-state index in [0.29, 0.717) is 55.2 Å². The van der Waals surface area contributed by atoms with Crippen LogP contribution in [0.1, 0.15) is 48.6 Å². The third-order valence-electron chi connectivity index (χ3n) is 6.86. The van der Waals surface area contributed by atoms with Crippen molar-refractivity contribution in [3.8, 4) is 17.6 Å². The summed E-state index contributed by atoms with van der Waals surface area (Å²) >= 11 is 4.88. The molecule has 1 aliphatic heterocycles. The highest BCUT2D eigenvalue weighted by atomic mass is 79.9. The lowest BCUT2D eigenvalue weighted by Gasteiger charge is -2.25. The molecule has 1 atom stereocenters. The maximum atomic E-state index is 13.9. The Labute approximate surface area is 260 Å². The van der Waals surface area contributed by atoms with E-state index < -0.39 is 12.0 Å². The first-order chi connectivity index (χ1) is 20.9. The van der Waals surface area contributed by atoms with Gasteiger partial charge in [-0.1, -0.05) is 60.7 Å². The minimum absolute atomic E-state index is 0.260. The summed E-state index contributed by atoms with van der Waals surface area (Å²) in [6.45, 7) is 4.51. The number of halogens is 1. The Morgan fingerprint density at radius 3 is 2.51 bits per heavy atom. The molecule has 4 aromatic rings. The summed E-state index contributed by atoms with van der Waals surface area (Å²) in [6.07, 6.45) is 2.30. The molecule has 0 aliphatic carbocycles. The van der Waals surface area contributed by atoms with Crippen LogP contribution in [0.5, 0.6) is 11.5 Å². The maximum absolute atomic E-state index is 13.9. The van der Waals surface area contributed by atoms with E-state index in [0.717, 1.165) is 16.7 Å². The summed E-state index contributed by atoms with van der Waals surface area (Å²) in [4.78, 5) is 32.2. The third kappa shape index (κ3) is 6.19. The number of methoxy groups -OCH3 is 1. The van der Waals surface area contributed by atoms with E-state index in [4.69, 9.17) is 24.5 Å². The van der Waals surface area contributed by atoms with Crippen molar-refractivity contribution < 1.29 is 19.0 Å². The van der Waals surface area contributed by atoms with E-state index in [2.05, 4.69) is 22.0 Å². The van der Waals surface area contributed by atoms with Crippen LogP contribution in [-0.4, -0.2) is 24.3 Å². The molecule has 5 rings (SSSR count). The van der Waals surface area contributed by atoms with Gasteiger partial charge in [-0.2, -0.15) is 5.26 Å². The molecule has 0 fully saturated rings. The molecule has 10 heteroatoms. The van der Waals surface area contributed by atoms with Crippen molar-refractivity contribution in [1.29, 1.82) is 5.26 Å². The number of nitriles is 1. The third-order valence-corrected chi connectivity index (χ3v) is 8.43. The number of hydrogen-bond acceptors (Lipinski definition) is 8. The topological polar surface area (TPSA) is 103 Å². The van der Waals surface area contributed by atoms with Crippen molar-refractivity contribution >= 4 is 39.3 Å². The van der Waals surface area contributed by atoms with Crippen LogP contribution in [0, 0.1) is 11.3 Å². The quantitative estimate of drug-likeness (QED) is 0.223. The van der Waals surface area contributed by atoms with Gasteiger partial charge in [0.25, 0.3) is 5.56 Å². The number of carbonyl (C=O) groups is 1. The summed E-state index contributed by atoms with van der Waals surface area (Å²) in [5.74, 6) is 0.544. The summed E-state index contributed by atoms with van der Waals surface area (Å²) in [5, 5.41) is 9.04. The standard InChI is InChI=1S/C33H28BrN3O5S/c1-4-25-28(32(39)40-3)29(23-9-7-6-8-10-23)37-31(38)27(43-33(37)36-25)17-22-15-24(34)30(26(16-22)41-5-2)42-19-21-13-11-20(18-35)12-14-21/h6-17,29H,4-5,19H2,1-3H3/b27-17+/t29-/m0/s1. The molecule has 0 spiro atoms. The van der Waals surface area contributed by atoms with Crippen LogP contribution in [0.15, 0.2) is 92.3 Å². The highest BCUT2D eigenvalue weighted by molar-refractivity contribution is 9.10. The predicted octanol–water partition coefficient (Wildman–Crippen LogP) is 5.41. The van der Waals surface area contributed by atoms with Gasteiger partial charge in [-0.3, -0.25) is 9.36 Å². The van der Waals surface area contributed by atoms with Crippen LogP contribution in [0.4, 0.5) is 0 Å². The molecule has 2 heterocycles. The lowest BCUT2D eigenvalue weighted by atomic mass is 9.95. The molecule has 1 aromatic heterocycles. The second-order valence-corrected chi connectivity index (χ2v) is 11.4.